The molecule has 156 valence electrons. The van der Waals surface area contributed by atoms with Gasteiger partial charge in [0.05, 0.1) is 5.92 Å². The highest BCUT2D eigenvalue weighted by Crippen LogP contribution is 2.19. The van der Waals surface area contributed by atoms with Crippen molar-refractivity contribution in [2.75, 3.05) is 52.9 Å². The minimum absolute atomic E-state index is 0.0261. The van der Waals surface area contributed by atoms with E-state index < -0.39 is 0 Å². The number of nitrogens with zero attached hydrogens (tertiary/aromatic N) is 3. The zero-order valence-corrected chi connectivity index (χ0v) is 17.6. The topological polar surface area (TPSA) is 86.0 Å². The van der Waals surface area contributed by atoms with Crippen molar-refractivity contribution in [2.45, 2.75) is 57.9 Å². The third-order valence-corrected chi connectivity index (χ3v) is 5.98. The predicted octanol–water partition coefficient (Wildman–Crippen LogP) is 1.00. The minimum Gasteiger partial charge on any atom is -0.369 e. The molecule has 2 saturated heterocycles. The van der Waals surface area contributed by atoms with E-state index in [1.807, 2.05) is 7.05 Å². The Morgan fingerprint density at radius 1 is 1.15 bits per heavy atom. The van der Waals surface area contributed by atoms with Crippen molar-refractivity contribution in [3.05, 3.63) is 0 Å². The lowest BCUT2D eigenvalue weighted by Crippen LogP contribution is -2.55. The van der Waals surface area contributed by atoms with Gasteiger partial charge in [0.1, 0.15) is 0 Å². The van der Waals surface area contributed by atoms with Gasteiger partial charge in [-0.1, -0.05) is 6.42 Å². The van der Waals surface area contributed by atoms with Crippen molar-refractivity contribution in [1.29, 1.82) is 0 Å². The van der Waals surface area contributed by atoms with E-state index in [-0.39, 0.29) is 17.4 Å². The van der Waals surface area contributed by atoms with Crippen molar-refractivity contribution in [3.63, 3.8) is 0 Å². The van der Waals surface area contributed by atoms with Crippen LogP contribution in [-0.2, 0) is 4.79 Å². The standard InChI is InChI=1S/C20H40N6O/c1-20(2,26-13-5-4-6-14-26)16-24-19(22-3)23-10-8-12-25-11-7-9-17(15-25)18(21)27/h17H,4-16H2,1-3H3,(H2,21,27)(H2,22,23,24). The average Bonchev–Trinajstić information content (AvgIpc) is 2.68. The van der Waals surface area contributed by atoms with Gasteiger partial charge in [0.2, 0.25) is 5.91 Å². The maximum atomic E-state index is 11.4. The highest BCUT2D eigenvalue weighted by atomic mass is 16.1. The SMILES string of the molecule is CN=C(NCCCN1CCCC(C(N)=O)C1)NCC(C)(C)N1CCCCC1. The zero-order valence-electron chi connectivity index (χ0n) is 17.6. The van der Waals surface area contributed by atoms with Crippen LogP contribution in [-0.4, -0.2) is 80.1 Å². The number of primary amides is 1. The number of amides is 1. The van der Waals surface area contributed by atoms with Crippen molar-refractivity contribution >= 4 is 11.9 Å². The van der Waals surface area contributed by atoms with Crippen LogP contribution < -0.4 is 16.4 Å². The number of hydrogen-bond donors (Lipinski definition) is 3. The van der Waals surface area contributed by atoms with Crippen LogP contribution in [0.4, 0.5) is 0 Å². The van der Waals surface area contributed by atoms with E-state index in [4.69, 9.17) is 5.73 Å². The smallest absolute Gasteiger partial charge is 0.221 e. The molecule has 7 nitrogen and oxygen atoms in total. The van der Waals surface area contributed by atoms with Gasteiger partial charge in [0.15, 0.2) is 5.96 Å². The number of carbonyl (C=O) groups is 1. The largest absolute Gasteiger partial charge is 0.369 e. The Kier molecular flexibility index (Phi) is 8.83. The van der Waals surface area contributed by atoms with E-state index in [0.29, 0.717) is 0 Å². The van der Waals surface area contributed by atoms with Crippen LogP contribution in [0, 0.1) is 5.92 Å². The first-order chi connectivity index (χ1) is 12.9. The maximum Gasteiger partial charge on any atom is 0.221 e. The number of likely N-dealkylation sites (tertiary alicyclic amines) is 2. The van der Waals surface area contributed by atoms with E-state index in [2.05, 4.69) is 39.3 Å². The molecule has 0 aliphatic carbocycles. The molecule has 0 bridgehead atoms. The lowest BCUT2D eigenvalue weighted by Gasteiger charge is -2.41. The van der Waals surface area contributed by atoms with Gasteiger partial charge in [-0.25, -0.2) is 0 Å². The maximum absolute atomic E-state index is 11.4. The van der Waals surface area contributed by atoms with Crippen LogP contribution in [0.2, 0.25) is 0 Å². The van der Waals surface area contributed by atoms with Crippen LogP contribution in [0.3, 0.4) is 0 Å². The molecule has 2 rings (SSSR count). The Labute approximate surface area is 165 Å². The molecule has 1 unspecified atom stereocenters. The Balaban J connectivity index is 1.64. The molecule has 0 spiro atoms. The molecule has 0 aromatic heterocycles. The molecule has 7 heteroatoms. The number of guanidine groups is 1. The van der Waals surface area contributed by atoms with Crippen LogP contribution in [0.5, 0.6) is 0 Å². The average molecular weight is 381 g/mol. The van der Waals surface area contributed by atoms with E-state index in [9.17, 15) is 4.79 Å². The number of nitrogens with two attached hydrogens (primary N) is 1. The summed E-state index contributed by atoms with van der Waals surface area (Å²) in [4.78, 5) is 20.7. The molecule has 2 aliphatic rings. The van der Waals surface area contributed by atoms with Crippen molar-refractivity contribution in [3.8, 4) is 0 Å². The summed E-state index contributed by atoms with van der Waals surface area (Å²) in [7, 11) is 1.82. The first-order valence-electron chi connectivity index (χ1n) is 10.6. The number of piperidine rings is 2. The first-order valence-corrected chi connectivity index (χ1v) is 10.6. The Bertz CT molecular complexity index is 487. The molecule has 0 aromatic rings. The molecule has 0 saturated carbocycles. The number of carbonyl (C=O) groups excluding carboxylic acids is 1. The van der Waals surface area contributed by atoms with Gasteiger partial charge in [0.25, 0.3) is 0 Å². The molecule has 2 heterocycles. The van der Waals surface area contributed by atoms with Crippen LogP contribution in [0.25, 0.3) is 0 Å². The molecule has 2 aliphatic heterocycles. The first kappa shape index (κ1) is 22.0. The van der Waals surface area contributed by atoms with Gasteiger partial charge >= 0.3 is 0 Å². The molecule has 2 fully saturated rings. The highest BCUT2D eigenvalue weighted by Gasteiger charge is 2.28. The van der Waals surface area contributed by atoms with Crippen molar-refractivity contribution in [1.82, 2.24) is 20.4 Å². The summed E-state index contributed by atoms with van der Waals surface area (Å²) in [5.41, 5.74) is 5.59. The molecule has 0 aromatic carbocycles. The fourth-order valence-corrected chi connectivity index (χ4v) is 4.13. The predicted molar refractivity (Wildman–Crippen MR) is 112 cm³/mol. The molecule has 0 radical (unpaired) electrons. The molecular weight excluding hydrogens is 340 g/mol. The minimum atomic E-state index is -0.154. The molecule has 27 heavy (non-hydrogen) atoms. The summed E-state index contributed by atoms with van der Waals surface area (Å²) in [6.07, 6.45) is 7.01. The fraction of sp³-hybridized carbons (Fsp3) is 0.900. The summed E-state index contributed by atoms with van der Waals surface area (Å²) < 4.78 is 0. The zero-order chi connectivity index (χ0) is 19.7. The second-order valence-electron chi connectivity index (χ2n) is 8.61. The molecule has 1 amide bonds. The second-order valence-corrected chi connectivity index (χ2v) is 8.61. The fourth-order valence-electron chi connectivity index (χ4n) is 4.13. The summed E-state index contributed by atoms with van der Waals surface area (Å²) in [5.74, 6) is 0.741. The lowest BCUT2D eigenvalue weighted by molar-refractivity contribution is -0.123. The monoisotopic (exact) mass is 380 g/mol. The van der Waals surface area contributed by atoms with E-state index >= 15 is 0 Å². The Hall–Kier alpha value is -1.34. The number of hydrogen-bond acceptors (Lipinski definition) is 4. The Morgan fingerprint density at radius 2 is 1.89 bits per heavy atom. The second kappa shape index (κ2) is 10.9. The highest BCUT2D eigenvalue weighted by molar-refractivity contribution is 5.79. The molecular formula is C20H40N6O. The molecule has 4 N–H and O–H groups in total. The summed E-state index contributed by atoms with van der Waals surface area (Å²) in [6.45, 7) is 11.7. The quantitative estimate of drug-likeness (QED) is 0.332. The summed E-state index contributed by atoms with van der Waals surface area (Å²) in [5, 5.41) is 6.91. The normalized spacial score (nSPS) is 23.2. The Morgan fingerprint density at radius 3 is 2.56 bits per heavy atom. The number of nitrogens with one attached hydrogen (secondary N) is 2. The lowest BCUT2D eigenvalue weighted by atomic mass is 9.97. The van der Waals surface area contributed by atoms with Gasteiger partial charge in [-0.15, -0.1) is 0 Å². The van der Waals surface area contributed by atoms with E-state index in [0.717, 1.165) is 57.9 Å². The van der Waals surface area contributed by atoms with Crippen LogP contribution >= 0.6 is 0 Å². The van der Waals surface area contributed by atoms with Crippen molar-refractivity contribution < 1.29 is 4.79 Å². The third-order valence-electron chi connectivity index (χ3n) is 5.98. The number of rotatable bonds is 8. The summed E-state index contributed by atoms with van der Waals surface area (Å²) in [6, 6.07) is 0. The van der Waals surface area contributed by atoms with Gasteiger partial charge in [0, 0.05) is 32.2 Å². The van der Waals surface area contributed by atoms with E-state index in [1.54, 1.807) is 0 Å². The van der Waals surface area contributed by atoms with Crippen LogP contribution in [0.1, 0.15) is 52.4 Å². The van der Waals surface area contributed by atoms with Gasteiger partial charge in [-0.3, -0.25) is 14.7 Å². The van der Waals surface area contributed by atoms with E-state index in [1.165, 1.54) is 32.4 Å². The molecule has 1 atom stereocenters. The summed E-state index contributed by atoms with van der Waals surface area (Å²) >= 11 is 0. The van der Waals surface area contributed by atoms with Gasteiger partial charge < -0.3 is 21.3 Å². The number of aliphatic imine (C=N–C) groups is 1. The van der Waals surface area contributed by atoms with Crippen molar-refractivity contribution in [2.24, 2.45) is 16.6 Å². The third kappa shape index (κ3) is 7.30. The van der Waals surface area contributed by atoms with Crippen LogP contribution in [0.15, 0.2) is 4.99 Å². The van der Waals surface area contributed by atoms with Gasteiger partial charge in [-0.2, -0.15) is 0 Å². The van der Waals surface area contributed by atoms with Gasteiger partial charge in [-0.05, 0) is 72.1 Å².